The van der Waals surface area contributed by atoms with E-state index in [4.69, 9.17) is 18.0 Å². The fraction of sp³-hybridized carbons (Fsp3) is 0.778. The second-order valence-electron chi connectivity index (χ2n) is 3.38. The number of nitrogens with two attached hydrogens (primary N) is 1. The van der Waals surface area contributed by atoms with Gasteiger partial charge in [0.15, 0.2) is 0 Å². The Morgan fingerprint density at radius 2 is 2.00 bits per heavy atom. The first-order chi connectivity index (χ1) is 6.70. The molecule has 1 rings (SSSR count). The molecule has 1 saturated heterocycles. The van der Waals surface area contributed by atoms with Gasteiger partial charge >= 0.3 is 0 Å². The number of amides is 1. The van der Waals surface area contributed by atoms with Crippen molar-refractivity contribution in [3.63, 3.8) is 0 Å². The summed E-state index contributed by atoms with van der Waals surface area (Å²) in [6.07, 6.45) is 4.19. The van der Waals surface area contributed by atoms with Gasteiger partial charge in [0.05, 0.1) is 0 Å². The molecule has 3 nitrogen and oxygen atoms in total. The van der Waals surface area contributed by atoms with E-state index >= 15 is 0 Å². The molecule has 0 aromatic carbocycles. The molecule has 14 heavy (non-hydrogen) atoms. The molecule has 0 radical (unpaired) electrons. The van der Waals surface area contributed by atoms with Crippen molar-refractivity contribution in [3.8, 4) is 0 Å². The first-order valence-electron chi connectivity index (χ1n) is 4.90. The fourth-order valence-electron chi connectivity index (χ4n) is 1.41. The van der Waals surface area contributed by atoms with Crippen LogP contribution in [0.5, 0.6) is 0 Å². The highest BCUT2D eigenvalue weighted by Crippen LogP contribution is 2.16. The first-order valence-corrected chi connectivity index (χ1v) is 6.29. The molecule has 5 heteroatoms. The zero-order valence-corrected chi connectivity index (χ0v) is 9.83. The molecule has 1 amide bonds. The van der Waals surface area contributed by atoms with Crippen LogP contribution in [0.15, 0.2) is 0 Å². The second kappa shape index (κ2) is 6.24. The highest BCUT2D eigenvalue weighted by molar-refractivity contribution is 8.22. The molecule has 2 N–H and O–H groups in total. The molecule has 1 aliphatic heterocycles. The van der Waals surface area contributed by atoms with E-state index in [2.05, 4.69) is 4.90 Å². The van der Waals surface area contributed by atoms with Crippen molar-refractivity contribution in [1.29, 1.82) is 0 Å². The number of likely N-dealkylation sites (tertiary alicyclic amines) is 1. The quantitative estimate of drug-likeness (QED) is 0.747. The number of carbonyl (C=O) groups excluding carboxylic acids is 1. The Morgan fingerprint density at radius 1 is 1.36 bits per heavy atom. The Kier molecular flexibility index (Phi) is 5.25. The van der Waals surface area contributed by atoms with Gasteiger partial charge in [-0.2, -0.15) is 0 Å². The monoisotopic (exact) mass is 232 g/mol. The SMILES string of the molecule is NC(=O)CCSC(=S)N1CCCCC1. The van der Waals surface area contributed by atoms with Gasteiger partial charge < -0.3 is 10.6 Å². The Hall–Kier alpha value is -0.290. The molecule has 0 unspecified atom stereocenters. The van der Waals surface area contributed by atoms with Gasteiger partial charge in [-0.3, -0.25) is 4.79 Å². The van der Waals surface area contributed by atoms with Gasteiger partial charge in [0.2, 0.25) is 5.91 Å². The van der Waals surface area contributed by atoms with Gasteiger partial charge in [0.25, 0.3) is 0 Å². The Bertz CT molecular complexity index is 215. The van der Waals surface area contributed by atoms with E-state index in [1.165, 1.54) is 19.3 Å². The van der Waals surface area contributed by atoms with Crippen LogP contribution in [-0.2, 0) is 4.79 Å². The van der Waals surface area contributed by atoms with Gasteiger partial charge in [0.1, 0.15) is 4.32 Å². The molecule has 0 spiro atoms. The second-order valence-corrected chi connectivity index (χ2v) is 5.11. The van der Waals surface area contributed by atoms with Crippen LogP contribution in [0.4, 0.5) is 0 Å². The number of primary amides is 1. The molecule has 0 aromatic heterocycles. The number of nitrogens with zero attached hydrogens (tertiary/aromatic N) is 1. The number of carbonyl (C=O) groups is 1. The Morgan fingerprint density at radius 3 is 2.57 bits per heavy atom. The molecule has 0 saturated carbocycles. The van der Waals surface area contributed by atoms with E-state index in [1.54, 1.807) is 11.8 Å². The van der Waals surface area contributed by atoms with Crippen LogP contribution in [0, 0.1) is 0 Å². The molecule has 0 bridgehead atoms. The highest BCUT2D eigenvalue weighted by atomic mass is 32.2. The number of hydrogen-bond acceptors (Lipinski definition) is 3. The Balaban J connectivity index is 2.16. The van der Waals surface area contributed by atoms with Crippen molar-refractivity contribution in [2.24, 2.45) is 5.73 Å². The van der Waals surface area contributed by atoms with E-state index < -0.39 is 0 Å². The summed E-state index contributed by atoms with van der Waals surface area (Å²) in [5, 5.41) is 0. The van der Waals surface area contributed by atoms with Crippen molar-refractivity contribution in [1.82, 2.24) is 4.90 Å². The molecular weight excluding hydrogens is 216 g/mol. The zero-order chi connectivity index (χ0) is 10.4. The standard InChI is InChI=1S/C9H16N2OS2/c10-8(12)4-7-14-9(13)11-5-2-1-3-6-11/h1-7H2,(H2,10,12). The summed E-state index contributed by atoms with van der Waals surface area (Å²) in [7, 11) is 0. The van der Waals surface area contributed by atoms with Crippen LogP contribution >= 0.6 is 24.0 Å². The van der Waals surface area contributed by atoms with Crippen LogP contribution in [0.2, 0.25) is 0 Å². The minimum Gasteiger partial charge on any atom is -0.370 e. The van der Waals surface area contributed by atoms with Crippen LogP contribution in [0.1, 0.15) is 25.7 Å². The molecule has 0 aliphatic carbocycles. The van der Waals surface area contributed by atoms with Crippen LogP contribution in [0.3, 0.4) is 0 Å². The van der Waals surface area contributed by atoms with E-state index in [0.29, 0.717) is 12.2 Å². The maximum atomic E-state index is 10.5. The Labute approximate surface area is 94.4 Å². The summed E-state index contributed by atoms with van der Waals surface area (Å²) in [6.45, 7) is 2.14. The first kappa shape index (κ1) is 11.8. The number of thioether (sulfide) groups is 1. The largest absolute Gasteiger partial charge is 0.370 e. The molecule has 0 atom stereocenters. The minimum atomic E-state index is -0.251. The van der Waals surface area contributed by atoms with Crippen molar-refractivity contribution in [3.05, 3.63) is 0 Å². The van der Waals surface area contributed by atoms with Crippen LogP contribution < -0.4 is 5.73 Å². The van der Waals surface area contributed by atoms with Crippen molar-refractivity contribution in [2.75, 3.05) is 18.8 Å². The molecule has 80 valence electrons. The number of rotatable bonds is 3. The lowest BCUT2D eigenvalue weighted by atomic mass is 10.1. The summed E-state index contributed by atoms with van der Waals surface area (Å²) in [6, 6.07) is 0. The van der Waals surface area contributed by atoms with Gasteiger partial charge in [-0.05, 0) is 19.3 Å². The van der Waals surface area contributed by atoms with Crippen molar-refractivity contribution < 1.29 is 4.79 Å². The smallest absolute Gasteiger partial charge is 0.218 e. The molecule has 0 aromatic rings. The average Bonchev–Trinajstić information content (AvgIpc) is 2.18. The third-order valence-corrected chi connectivity index (χ3v) is 3.71. The highest BCUT2D eigenvalue weighted by Gasteiger charge is 2.13. The van der Waals surface area contributed by atoms with Gasteiger partial charge in [-0.15, -0.1) is 0 Å². The lowest BCUT2D eigenvalue weighted by molar-refractivity contribution is -0.117. The summed E-state index contributed by atoms with van der Waals surface area (Å²) < 4.78 is 0.922. The zero-order valence-electron chi connectivity index (χ0n) is 8.20. The predicted octanol–water partition coefficient (Wildman–Crippen LogP) is 1.37. The third kappa shape index (κ3) is 4.28. The van der Waals surface area contributed by atoms with Crippen molar-refractivity contribution in [2.45, 2.75) is 25.7 Å². The lowest BCUT2D eigenvalue weighted by Crippen LogP contribution is -2.33. The van der Waals surface area contributed by atoms with Gasteiger partial charge in [-0.1, -0.05) is 24.0 Å². The summed E-state index contributed by atoms with van der Waals surface area (Å²) in [4.78, 5) is 12.7. The number of thiocarbonyl (C=S) groups is 1. The molecular formula is C9H16N2OS2. The summed E-state index contributed by atoms with van der Waals surface area (Å²) >= 11 is 6.83. The lowest BCUT2D eigenvalue weighted by Gasteiger charge is -2.28. The van der Waals surface area contributed by atoms with E-state index in [0.717, 1.165) is 17.4 Å². The fourth-order valence-corrected chi connectivity index (χ4v) is 2.68. The van der Waals surface area contributed by atoms with Crippen molar-refractivity contribution >= 4 is 34.2 Å². The van der Waals surface area contributed by atoms with Gasteiger partial charge in [0, 0.05) is 25.3 Å². The maximum Gasteiger partial charge on any atom is 0.218 e. The minimum absolute atomic E-state index is 0.251. The maximum absolute atomic E-state index is 10.5. The topological polar surface area (TPSA) is 46.3 Å². The van der Waals surface area contributed by atoms with E-state index in [9.17, 15) is 4.79 Å². The van der Waals surface area contributed by atoms with Gasteiger partial charge in [-0.25, -0.2) is 0 Å². The third-order valence-electron chi connectivity index (χ3n) is 2.19. The molecule has 1 heterocycles. The van der Waals surface area contributed by atoms with E-state index in [-0.39, 0.29) is 5.91 Å². The number of hydrogen-bond donors (Lipinski definition) is 1. The predicted molar refractivity (Wildman–Crippen MR) is 64.3 cm³/mol. The summed E-state index contributed by atoms with van der Waals surface area (Å²) in [5.74, 6) is 0.462. The molecule has 1 fully saturated rings. The number of piperidine rings is 1. The van der Waals surface area contributed by atoms with E-state index in [1.807, 2.05) is 0 Å². The normalized spacial score (nSPS) is 16.7. The molecule has 1 aliphatic rings. The summed E-state index contributed by atoms with van der Waals surface area (Å²) in [5.41, 5.74) is 5.05. The van der Waals surface area contributed by atoms with Crippen LogP contribution in [-0.4, -0.2) is 34.0 Å². The van der Waals surface area contributed by atoms with Crippen LogP contribution in [0.25, 0.3) is 0 Å². The average molecular weight is 232 g/mol.